The first-order valence-electron chi connectivity index (χ1n) is 8.16. The number of fused-ring (bicyclic) bond motifs is 1. The van der Waals surface area contributed by atoms with E-state index in [9.17, 15) is 10.1 Å². The van der Waals surface area contributed by atoms with Crippen LogP contribution in [0.1, 0.15) is 16.7 Å². The molecule has 0 amide bonds. The highest BCUT2D eigenvalue weighted by atomic mass is 16.6. The normalized spacial score (nSPS) is 11.0. The van der Waals surface area contributed by atoms with Crippen molar-refractivity contribution in [3.05, 3.63) is 69.4 Å². The number of hydrogen-bond acceptors (Lipinski definition) is 4. The standard InChI is InChI=1S/C19H21N3O3/c1-13-4-3-5-17-14(11-21-19(13)17)8-9-20-18-7-6-16(22(23)24)10-15(18)12-25-2/h3-7,10-11,20-21H,8-9,12H2,1-2H3. The largest absolute Gasteiger partial charge is 0.384 e. The maximum atomic E-state index is 10.9. The number of aryl methyl sites for hydroxylation is 1. The van der Waals surface area contributed by atoms with Crippen molar-refractivity contribution in [3.63, 3.8) is 0 Å². The number of aromatic amines is 1. The SMILES string of the molecule is COCc1cc([N+](=O)[O-])ccc1NCCc1c[nH]c2c(C)cccc12. The third-order valence-corrected chi connectivity index (χ3v) is 4.32. The van der Waals surface area contributed by atoms with Gasteiger partial charge in [-0.3, -0.25) is 10.1 Å². The molecule has 2 N–H and O–H groups in total. The molecule has 6 nitrogen and oxygen atoms in total. The van der Waals surface area contributed by atoms with Gasteiger partial charge in [-0.25, -0.2) is 0 Å². The third-order valence-electron chi connectivity index (χ3n) is 4.32. The number of methoxy groups -OCH3 is 1. The quantitative estimate of drug-likeness (QED) is 0.500. The molecular formula is C19H21N3O3. The van der Waals surface area contributed by atoms with Crippen molar-refractivity contribution in [2.75, 3.05) is 19.0 Å². The average molecular weight is 339 g/mol. The highest BCUT2D eigenvalue weighted by Gasteiger charge is 2.11. The summed E-state index contributed by atoms with van der Waals surface area (Å²) in [5.41, 5.74) is 5.38. The van der Waals surface area contributed by atoms with Gasteiger partial charge in [-0.1, -0.05) is 18.2 Å². The molecule has 0 aliphatic carbocycles. The molecule has 2 aromatic carbocycles. The molecule has 25 heavy (non-hydrogen) atoms. The molecular weight excluding hydrogens is 318 g/mol. The van der Waals surface area contributed by atoms with Gasteiger partial charge >= 0.3 is 0 Å². The van der Waals surface area contributed by atoms with Crippen LogP contribution in [0.15, 0.2) is 42.6 Å². The minimum atomic E-state index is -0.392. The highest BCUT2D eigenvalue weighted by Crippen LogP contribution is 2.24. The van der Waals surface area contributed by atoms with E-state index in [-0.39, 0.29) is 5.69 Å². The topological polar surface area (TPSA) is 80.2 Å². The van der Waals surface area contributed by atoms with E-state index in [0.717, 1.165) is 24.2 Å². The second-order valence-corrected chi connectivity index (χ2v) is 6.02. The Morgan fingerprint density at radius 2 is 2.08 bits per heavy atom. The number of benzene rings is 2. The van der Waals surface area contributed by atoms with Crippen LogP contribution < -0.4 is 5.32 Å². The van der Waals surface area contributed by atoms with Crippen LogP contribution in [0, 0.1) is 17.0 Å². The van der Waals surface area contributed by atoms with E-state index in [0.29, 0.717) is 6.61 Å². The molecule has 0 bridgehead atoms. The van der Waals surface area contributed by atoms with Crippen LogP contribution in [-0.4, -0.2) is 23.6 Å². The number of para-hydroxylation sites is 1. The van der Waals surface area contributed by atoms with Crippen LogP contribution in [0.3, 0.4) is 0 Å². The van der Waals surface area contributed by atoms with E-state index in [4.69, 9.17) is 4.74 Å². The minimum absolute atomic E-state index is 0.0738. The average Bonchev–Trinajstić information content (AvgIpc) is 3.01. The number of nitrogens with zero attached hydrogens (tertiary/aromatic N) is 1. The molecule has 0 spiro atoms. The van der Waals surface area contributed by atoms with Crippen molar-refractivity contribution < 1.29 is 9.66 Å². The van der Waals surface area contributed by atoms with Gasteiger partial charge < -0.3 is 15.0 Å². The van der Waals surface area contributed by atoms with Gasteiger partial charge in [0.05, 0.1) is 11.5 Å². The van der Waals surface area contributed by atoms with Gasteiger partial charge in [0.2, 0.25) is 0 Å². The molecule has 0 radical (unpaired) electrons. The second-order valence-electron chi connectivity index (χ2n) is 6.02. The molecule has 0 unspecified atom stereocenters. The Bertz CT molecular complexity index is 902. The molecule has 130 valence electrons. The second kappa shape index (κ2) is 7.36. The van der Waals surface area contributed by atoms with E-state index in [1.54, 1.807) is 19.2 Å². The minimum Gasteiger partial charge on any atom is -0.384 e. The summed E-state index contributed by atoms with van der Waals surface area (Å²) in [5, 5.41) is 15.5. The van der Waals surface area contributed by atoms with E-state index in [2.05, 4.69) is 35.4 Å². The molecule has 6 heteroatoms. The Labute approximate surface area is 146 Å². The zero-order valence-corrected chi connectivity index (χ0v) is 14.3. The van der Waals surface area contributed by atoms with Gasteiger partial charge in [-0.2, -0.15) is 0 Å². The molecule has 3 rings (SSSR count). The summed E-state index contributed by atoms with van der Waals surface area (Å²) < 4.78 is 5.16. The van der Waals surface area contributed by atoms with E-state index >= 15 is 0 Å². The van der Waals surface area contributed by atoms with Gasteiger partial charge in [-0.15, -0.1) is 0 Å². The number of rotatable bonds is 7. The first kappa shape index (κ1) is 17.0. The fourth-order valence-corrected chi connectivity index (χ4v) is 3.04. The fraction of sp³-hybridized carbons (Fsp3) is 0.263. The zero-order chi connectivity index (χ0) is 17.8. The van der Waals surface area contributed by atoms with Crippen LogP contribution in [0.5, 0.6) is 0 Å². The lowest BCUT2D eigenvalue weighted by Crippen LogP contribution is -2.07. The van der Waals surface area contributed by atoms with Crippen LogP contribution in [0.4, 0.5) is 11.4 Å². The summed E-state index contributed by atoms with van der Waals surface area (Å²) in [4.78, 5) is 13.9. The van der Waals surface area contributed by atoms with Crippen molar-refractivity contribution >= 4 is 22.3 Å². The first-order valence-corrected chi connectivity index (χ1v) is 8.16. The molecule has 0 atom stereocenters. The Hall–Kier alpha value is -2.86. The molecule has 0 aliphatic rings. The van der Waals surface area contributed by atoms with Crippen LogP contribution in [-0.2, 0) is 17.8 Å². The summed E-state index contributed by atoms with van der Waals surface area (Å²) in [6.45, 7) is 3.15. The summed E-state index contributed by atoms with van der Waals surface area (Å²) in [5.74, 6) is 0. The van der Waals surface area contributed by atoms with Crippen LogP contribution in [0.2, 0.25) is 0 Å². The maximum Gasteiger partial charge on any atom is 0.269 e. The summed E-state index contributed by atoms with van der Waals surface area (Å²) in [6.07, 6.45) is 2.90. The number of hydrogen-bond donors (Lipinski definition) is 2. The molecule has 1 heterocycles. The van der Waals surface area contributed by atoms with E-state index < -0.39 is 4.92 Å². The highest BCUT2D eigenvalue weighted by molar-refractivity contribution is 5.85. The number of anilines is 1. The lowest BCUT2D eigenvalue weighted by molar-refractivity contribution is -0.384. The van der Waals surface area contributed by atoms with E-state index in [1.165, 1.54) is 28.1 Å². The number of aromatic nitrogens is 1. The van der Waals surface area contributed by atoms with E-state index in [1.807, 2.05) is 6.20 Å². The van der Waals surface area contributed by atoms with Gasteiger partial charge in [0, 0.05) is 54.1 Å². The zero-order valence-electron chi connectivity index (χ0n) is 14.3. The fourth-order valence-electron chi connectivity index (χ4n) is 3.04. The van der Waals surface area contributed by atoms with Gasteiger partial charge in [-0.05, 0) is 30.5 Å². The third kappa shape index (κ3) is 3.64. The summed E-state index contributed by atoms with van der Waals surface area (Å²) >= 11 is 0. The van der Waals surface area contributed by atoms with Crippen molar-refractivity contribution in [1.82, 2.24) is 4.98 Å². The molecule has 0 saturated heterocycles. The number of H-pyrrole nitrogens is 1. The Morgan fingerprint density at radius 3 is 2.84 bits per heavy atom. The predicted molar refractivity (Wildman–Crippen MR) is 99.0 cm³/mol. The lowest BCUT2D eigenvalue weighted by Gasteiger charge is -2.11. The predicted octanol–water partition coefficient (Wildman–Crippen LogP) is 4.19. The Balaban J connectivity index is 1.72. The monoisotopic (exact) mass is 339 g/mol. The number of nitro groups is 1. The molecule has 3 aromatic rings. The first-order chi connectivity index (χ1) is 12.1. The van der Waals surface area contributed by atoms with Gasteiger partial charge in [0.1, 0.15) is 0 Å². The van der Waals surface area contributed by atoms with Gasteiger partial charge in [0.15, 0.2) is 0 Å². The molecule has 0 aliphatic heterocycles. The van der Waals surface area contributed by atoms with Crippen molar-refractivity contribution in [2.45, 2.75) is 20.0 Å². The molecule has 0 fully saturated rings. The summed E-state index contributed by atoms with van der Waals surface area (Å²) in [6, 6.07) is 11.1. The van der Waals surface area contributed by atoms with Crippen molar-refractivity contribution in [1.29, 1.82) is 0 Å². The Kier molecular flexibility index (Phi) is 5.00. The number of nitro benzene ring substituents is 1. The van der Waals surface area contributed by atoms with Crippen LogP contribution in [0.25, 0.3) is 10.9 Å². The van der Waals surface area contributed by atoms with Gasteiger partial charge in [0.25, 0.3) is 5.69 Å². The van der Waals surface area contributed by atoms with Crippen LogP contribution >= 0.6 is 0 Å². The van der Waals surface area contributed by atoms with Crippen molar-refractivity contribution in [2.24, 2.45) is 0 Å². The summed E-state index contributed by atoms with van der Waals surface area (Å²) in [7, 11) is 1.58. The molecule has 1 aromatic heterocycles. The number of nitrogens with one attached hydrogen (secondary N) is 2. The van der Waals surface area contributed by atoms with Crippen molar-refractivity contribution in [3.8, 4) is 0 Å². The smallest absolute Gasteiger partial charge is 0.269 e. The molecule has 0 saturated carbocycles. The number of non-ortho nitro benzene ring substituents is 1. The lowest BCUT2D eigenvalue weighted by atomic mass is 10.1. The maximum absolute atomic E-state index is 10.9. The Morgan fingerprint density at radius 1 is 1.24 bits per heavy atom. The number of ether oxygens (including phenoxy) is 1.